The molecule has 60 valence electrons. The fourth-order valence-electron chi connectivity index (χ4n) is 0.730. The van der Waals surface area contributed by atoms with Gasteiger partial charge in [-0.25, -0.2) is 0 Å². The third kappa shape index (κ3) is 5.52. The molecule has 0 saturated heterocycles. The topological polar surface area (TPSA) is 20.2 Å². The Labute approximate surface area is 68.8 Å². The van der Waals surface area contributed by atoms with E-state index in [2.05, 4.69) is 17.8 Å². The molecule has 0 radical (unpaired) electrons. The van der Waals surface area contributed by atoms with Crippen molar-refractivity contribution >= 4 is 0 Å². The molecule has 0 saturated carbocycles. The number of hydrogen-bond acceptors (Lipinski definition) is 1. The van der Waals surface area contributed by atoms with Gasteiger partial charge in [-0.05, 0) is 19.8 Å². The third-order valence-electron chi connectivity index (χ3n) is 1.47. The minimum Gasteiger partial charge on any atom is -0.380 e. The Morgan fingerprint density at radius 2 is 2.09 bits per heavy atom. The highest BCUT2D eigenvalue weighted by molar-refractivity contribution is 5.02. The van der Waals surface area contributed by atoms with E-state index in [1.54, 1.807) is 6.92 Å². The summed E-state index contributed by atoms with van der Waals surface area (Å²) in [4.78, 5) is 0. The summed E-state index contributed by atoms with van der Waals surface area (Å²) in [6, 6.07) is 0. The summed E-state index contributed by atoms with van der Waals surface area (Å²) in [5.41, 5.74) is 0. The lowest BCUT2D eigenvalue weighted by molar-refractivity contribution is 0.215. The van der Waals surface area contributed by atoms with Gasteiger partial charge in [0.2, 0.25) is 0 Å². The molecule has 0 spiro atoms. The van der Waals surface area contributed by atoms with Crippen molar-refractivity contribution in [3.63, 3.8) is 0 Å². The van der Waals surface area contributed by atoms with Gasteiger partial charge >= 0.3 is 0 Å². The minimum atomic E-state index is -0.504. The van der Waals surface area contributed by atoms with Crippen LogP contribution >= 0.6 is 0 Å². The van der Waals surface area contributed by atoms with Crippen molar-refractivity contribution in [2.45, 2.75) is 32.8 Å². The lowest BCUT2D eigenvalue weighted by Gasteiger charge is -2.04. The van der Waals surface area contributed by atoms with Crippen LogP contribution in [-0.4, -0.2) is 11.2 Å². The van der Waals surface area contributed by atoms with Crippen molar-refractivity contribution in [1.29, 1.82) is 0 Å². The highest BCUT2D eigenvalue weighted by atomic mass is 16.3. The summed E-state index contributed by atoms with van der Waals surface area (Å²) in [5, 5.41) is 9.15. The third-order valence-corrected chi connectivity index (χ3v) is 1.47. The van der Waals surface area contributed by atoms with Crippen LogP contribution in [0.25, 0.3) is 0 Å². The van der Waals surface area contributed by atoms with Gasteiger partial charge in [0.25, 0.3) is 0 Å². The first-order valence-electron chi connectivity index (χ1n) is 3.77. The molecule has 0 aliphatic rings. The second-order valence-corrected chi connectivity index (χ2v) is 2.56. The average molecular weight is 150 g/mol. The SMILES string of the molecule is C#C[C@H](C)CCC(O)C#CC. The number of rotatable bonds is 3. The number of hydrogen-bond donors (Lipinski definition) is 1. The summed E-state index contributed by atoms with van der Waals surface area (Å²) in [6.07, 6.45) is 6.17. The molecule has 0 fully saturated rings. The molecule has 1 unspecified atom stereocenters. The Morgan fingerprint density at radius 3 is 2.55 bits per heavy atom. The maximum absolute atomic E-state index is 9.15. The molecule has 0 heterocycles. The van der Waals surface area contributed by atoms with Gasteiger partial charge < -0.3 is 5.11 Å². The maximum atomic E-state index is 9.15. The molecule has 0 aliphatic carbocycles. The molecule has 2 atom stereocenters. The largest absolute Gasteiger partial charge is 0.380 e. The van der Waals surface area contributed by atoms with Crippen LogP contribution in [0, 0.1) is 30.1 Å². The van der Waals surface area contributed by atoms with Gasteiger partial charge in [-0.15, -0.1) is 18.3 Å². The van der Waals surface area contributed by atoms with E-state index in [-0.39, 0.29) is 5.92 Å². The second-order valence-electron chi connectivity index (χ2n) is 2.56. The van der Waals surface area contributed by atoms with Gasteiger partial charge in [0, 0.05) is 5.92 Å². The monoisotopic (exact) mass is 150 g/mol. The predicted molar refractivity (Wildman–Crippen MR) is 46.7 cm³/mol. The molecule has 11 heavy (non-hydrogen) atoms. The van der Waals surface area contributed by atoms with E-state index in [1.807, 2.05) is 6.92 Å². The number of aliphatic hydroxyl groups excluding tert-OH is 1. The maximum Gasteiger partial charge on any atom is 0.114 e. The zero-order valence-electron chi connectivity index (χ0n) is 7.09. The van der Waals surface area contributed by atoms with E-state index in [0.29, 0.717) is 6.42 Å². The van der Waals surface area contributed by atoms with Crippen molar-refractivity contribution in [2.75, 3.05) is 0 Å². The van der Waals surface area contributed by atoms with E-state index >= 15 is 0 Å². The Balaban J connectivity index is 3.52. The summed E-state index contributed by atoms with van der Waals surface area (Å²) in [6.45, 7) is 3.68. The highest BCUT2D eigenvalue weighted by Gasteiger charge is 2.01. The summed E-state index contributed by atoms with van der Waals surface area (Å²) in [5.74, 6) is 8.16. The first-order chi connectivity index (χ1) is 5.20. The highest BCUT2D eigenvalue weighted by Crippen LogP contribution is 2.05. The standard InChI is InChI=1S/C10H14O/c1-4-6-10(11)8-7-9(3)5-2/h2,9-11H,7-8H2,1,3H3/t9-,10?/m0/s1. The van der Waals surface area contributed by atoms with Gasteiger partial charge in [0.1, 0.15) is 6.10 Å². The summed E-state index contributed by atoms with van der Waals surface area (Å²) >= 11 is 0. The van der Waals surface area contributed by atoms with E-state index < -0.39 is 6.10 Å². The van der Waals surface area contributed by atoms with Crippen LogP contribution in [0.5, 0.6) is 0 Å². The second kappa shape index (κ2) is 5.83. The molecule has 1 nitrogen and oxygen atoms in total. The molecule has 0 rings (SSSR count). The fourth-order valence-corrected chi connectivity index (χ4v) is 0.730. The molecule has 0 amide bonds. The van der Waals surface area contributed by atoms with Crippen LogP contribution in [0.4, 0.5) is 0 Å². The molecule has 0 aromatic carbocycles. The Morgan fingerprint density at radius 1 is 1.45 bits per heavy atom. The molecule has 1 N–H and O–H groups in total. The Kier molecular flexibility index (Phi) is 5.35. The smallest absolute Gasteiger partial charge is 0.114 e. The molecule has 0 bridgehead atoms. The Hall–Kier alpha value is -0.920. The quantitative estimate of drug-likeness (QED) is 0.603. The molecular formula is C10H14O. The van der Waals surface area contributed by atoms with Crippen LogP contribution in [-0.2, 0) is 0 Å². The first kappa shape index (κ1) is 10.1. The summed E-state index contributed by atoms with van der Waals surface area (Å²) < 4.78 is 0. The van der Waals surface area contributed by atoms with Crippen LogP contribution in [0.2, 0.25) is 0 Å². The number of terminal acetylenes is 1. The molecule has 1 heteroatoms. The van der Waals surface area contributed by atoms with Gasteiger partial charge in [0.05, 0.1) is 0 Å². The van der Waals surface area contributed by atoms with Crippen LogP contribution < -0.4 is 0 Å². The van der Waals surface area contributed by atoms with Crippen molar-refractivity contribution in [3.8, 4) is 24.2 Å². The van der Waals surface area contributed by atoms with E-state index in [0.717, 1.165) is 6.42 Å². The van der Waals surface area contributed by atoms with Crippen LogP contribution in [0.3, 0.4) is 0 Å². The van der Waals surface area contributed by atoms with Gasteiger partial charge in [0.15, 0.2) is 0 Å². The predicted octanol–water partition coefficient (Wildman–Crippen LogP) is 1.42. The molecule has 0 aliphatic heterocycles. The van der Waals surface area contributed by atoms with Gasteiger partial charge in [-0.3, -0.25) is 0 Å². The van der Waals surface area contributed by atoms with Gasteiger partial charge in [-0.1, -0.05) is 12.8 Å². The van der Waals surface area contributed by atoms with E-state index in [9.17, 15) is 0 Å². The number of aliphatic hydroxyl groups is 1. The van der Waals surface area contributed by atoms with Crippen LogP contribution in [0.1, 0.15) is 26.7 Å². The van der Waals surface area contributed by atoms with E-state index in [1.165, 1.54) is 0 Å². The van der Waals surface area contributed by atoms with Crippen molar-refractivity contribution in [3.05, 3.63) is 0 Å². The van der Waals surface area contributed by atoms with Crippen molar-refractivity contribution in [2.24, 2.45) is 5.92 Å². The van der Waals surface area contributed by atoms with Gasteiger partial charge in [-0.2, -0.15) is 0 Å². The Bertz CT molecular complexity index is 189. The van der Waals surface area contributed by atoms with E-state index in [4.69, 9.17) is 11.5 Å². The fraction of sp³-hybridized carbons (Fsp3) is 0.600. The average Bonchev–Trinajstić information content (AvgIpc) is 2.01. The zero-order chi connectivity index (χ0) is 8.69. The normalized spacial score (nSPS) is 14.0. The molecule has 0 aromatic rings. The first-order valence-corrected chi connectivity index (χ1v) is 3.77. The molecular weight excluding hydrogens is 136 g/mol. The minimum absolute atomic E-state index is 0.239. The lowest BCUT2D eigenvalue weighted by Crippen LogP contribution is -2.04. The van der Waals surface area contributed by atoms with Crippen molar-refractivity contribution in [1.82, 2.24) is 0 Å². The molecule has 0 aromatic heterocycles. The lowest BCUT2D eigenvalue weighted by atomic mass is 10.0. The zero-order valence-corrected chi connectivity index (χ0v) is 7.09. The summed E-state index contributed by atoms with van der Waals surface area (Å²) in [7, 11) is 0. The van der Waals surface area contributed by atoms with Crippen LogP contribution in [0.15, 0.2) is 0 Å². The van der Waals surface area contributed by atoms with Crippen molar-refractivity contribution < 1.29 is 5.11 Å².